The zero-order chi connectivity index (χ0) is 20.2. The molecule has 27 heavy (non-hydrogen) atoms. The lowest BCUT2D eigenvalue weighted by atomic mass is 9.96. The summed E-state index contributed by atoms with van der Waals surface area (Å²) in [5.74, 6) is 0. The predicted octanol–water partition coefficient (Wildman–Crippen LogP) is 1.27. The third kappa shape index (κ3) is 7.78. The van der Waals surface area contributed by atoms with Crippen LogP contribution < -0.4 is 0 Å². The maximum Gasteiger partial charge on any atom is 0.472 e. The summed E-state index contributed by atoms with van der Waals surface area (Å²) in [7, 11) is 7.21. The molecule has 0 aliphatic carbocycles. The van der Waals surface area contributed by atoms with E-state index < -0.39 is 38.1 Å². The summed E-state index contributed by atoms with van der Waals surface area (Å²) in [6.45, 7) is 7.58. The lowest BCUT2D eigenvalue weighted by Gasteiger charge is -2.24. The highest BCUT2D eigenvalue weighted by Crippen LogP contribution is 2.47. The summed E-state index contributed by atoms with van der Waals surface area (Å²) in [5.41, 5.74) is 0. The molecule has 2 aliphatic rings. The second-order valence-corrected chi connectivity index (χ2v) is 8.82. The fourth-order valence-corrected chi connectivity index (χ4v) is 4.01. The van der Waals surface area contributed by atoms with E-state index in [1.165, 1.54) is 0 Å². The number of rotatable bonds is 10. The fraction of sp³-hybridized carbons (Fsp3) is 1.00. The van der Waals surface area contributed by atoms with Crippen LogP contribution in [-0.2, 0) is 32.6 Å². The molecule has 0 saturated carbocycles. The van der Waals surface area contributed by atoms with Gasteiger partial charge in [-0.05, 0) is 40.5 Å². The first kappa shape index (κ1) is 23.4. The molecule has 0 bridgehead atoms. The molecule has 2 saturated heterocycles. The van der Waals surface area contributed by atoms with Gasteiger partial charge in [-0.2, -0.15) is 0 Å². The van der Waals surface area contributed by atoms with Crippen molar-refractivity contribution in [3.8, 4) is 0 Å². The largest absolute Gasteiger partial charge is 0.472 e. The van der Waals surface area contributed by atoms with Gasteiger partial charge < -0.3 is 23.8 Å². The predicted molar refractivity (Wildman–Crippen MR) is 99.8 cm³/mol. The van der Waals surface area contributed by atoms with Crippen LogP contribution in [0.5, 0.6) is 0 Å². The second kappa shape index (κ2) is 10.2. The first-order valence-corrected chi connectivity index (χ1v) is 10.8. The van der Waals surface area contributed by atoms with E-state index in [9.17, 15) is 9.46 Å². The smallest absolute Gasteiger partial charge is 0.380 e. The van der Waals surface area contributed by atoms with E-state index in [-0.39, 0.29) is 37.9 Å². The molecule has 2 heterocycles. The molecule has 7 atom stereocenters. The number of hydrogen-bond donors (Lipinski definition) is 1. The molecule has 0 aromatic rings. The van der Waals surface area contributed by atoms with Crippen LogP contribution in [0.1, 0.15) is 40.5 Å². The summed E-state index contributed by atoms with van der Waals surface area (Å²) in [5, 5.41) is 0. The Labute approximate surface area is 164 Å². The van der Waals surface area contributed by atoms with Crippen molar-refractivity contribution in [3.05, 3.63) is 0 Å². The highest BCUT2D eigenvalue weighted by atomic mass is 31.2. The van der Waals surface area contributed by atoms with Gasteiger partial charge in [0, 0.05) is 12.0 Å². The van der Waals surface area contributed by atoms with Crippen LogP contribution in [0.4, 0.5) is 0 Å². The average molecular weight is 402 g/mol. The monoisotopic (exact) mass is 402 g/mol. The Balaban J connectivity index is 1.87. The lowest BCUT2D eigenvalue weighted by Crippen LogP contribution is -2.32. The zero-order valence-corrected chi connectivity index (χ0v) is 17.2. The van der Waals surface area contributed by atoms with Crippen molar-refractivity contribution in [2.45, 2.75) is 89.2 Å². The molecule has 0 aromatic carbocycles. The number of phosphoric ester groups is 1. The third-order valence-corrected chi connectivity index (χ3v) is 5.18. The van der Waals surface area contributed by atoms with E-state index in [2.05, 4.69) is 0 Å². The van der Waals surface area contributed by atoms with Crippen LogP contribution in [0.15, 0.2) is 0 Å². The van der Waals surface area contributed by atoms with E-state index in [0.717, 1.165) is 0 Å². The molecular weight excluding hydrogens is 373 g/mol. The summed E-state index contributed by atoms with van der Waals surface area (Å²) < 4.78 is 45.1. The second-order valence-electron chi connectivity index (χ2n) is 7.41. The first-order chi connectivity index (χ1) is 12.6. The minimum Gasteiger partial charge on any atom is -0.380 e. The van der Waals surface area contributed by atoms with Crippen molar-refractivity contribution < 1.29 is 37.5 Å². The normalized spacial score (nSPS) is 36.6. The van der Waals surface area contributed by atoms with Gasteiger partial charge >= 0.3 is 7.82 Å². The number of hydrogen-bond acceptors (Lipinski definition) is 7. The van der Waals surface area contributed by atoms with E-state index in [1.807, 2.05) is 27.7 Å². The quantitative estimate of drug-likeness (QED) is 0.432. The van der Waals surface area contributed by atoms with Crippen LogP contribution >= 0.6 is 7.82 Å². The molecule has 0 amide bonds. The molecule has 2 fully saturated rings. The Kier molecular flexibility index (Phi) is 8.84. The van der Waals surface area contributed by atoms with Crippen molar-refractivity contribution in [2.75, 3.05) is 13.2 Å². The molecule has 1 unspecified atom stereocenters. The van der Waals surface area contributed by atoms with Gasteiger partial charge in [0.1, 0.15) is 27.9 Å². The number of ether oxygens (including phenoxy) is 4. The molecule has 2 rings (SSSR count). The van der Waals surface area contributed by atoms with Crippen LogP contribution in [0, 0.1) is 0 Å². The van der Waals surface area contributed by atoms with Crippen LogP contribution in [0.25, 0.3) is 0 Å². The molecule has 4 radical (unpaired) electrons. The van der Waals surface area contributed by atoms with Crippen molar-refractivity contribution in [1.29, 1.82) is 0 Å². The molecule has 11 heteroatoms. The van der Waals surface area contributed by atoms with Crippen LogP contribution in [-0.4, -0.2) is 82.4 Å². The van der Waals surface area contributed by atoms with Crippen LogP contribution in [0.3, 0.4) is 0 Å². The lowest BCUT2D eigenvalue weighted by molar-refractivity contribution is -0.0649. The highest BCUT2D eigenvalue weighted by molar-refractivity contribution is 7.47. The Hall–Kier alpha value is 0.0799. The van der Waals surface area contributed by atoms with Gasteiger partial charge in [-0.3, -0.25) is 9.05 Å². The Morgan fingerprint density at radius 3 is 2.11 bits per heavy atom. The number of phosphoric acid groups is 1. The van der Waals surface area contributed by atoms with E-state index in [4.69, 9.17) is 43.7 Å². The summed E-state index contributed by atoms with van der Waals surface area (Å²) in [4.78, 5) is 10.1. The van der Waals surface area contributed by atoms with Gasteiger partial charge in [-0.25, -0.2) is 4.57 Å². The van der Waals surface area contributed by atoms with Gasteiger partial charge in [-0.15, -0.1) is 0 Å². The summed E-state index contributed by atoms with van der Waals surface area (Å²) >= 11 is 0. The summed E-state index contributed by atoms with van der Waals surface area (Å²) in [6, 6.07) is -1.09. The van der Waals surface area contributed by atoms with Gasteiger partial charge in [0.15, 0.2) is 0 Å². The van der Waals surface area contributed by atoms with Crippen LogP contribution in [0.2, 0.25) is 0 Å². The third-order valence-electron chi connectivity index (χ3n) is 4.17. The molecule has 1 N–H and O–H groups in total. The van der Waals surface area contributed by atoms with Crippen molar-refractivity contribution in [3.63, 3.8) is 0 Å². The molecule has 0 spiro atoms. The van der Waals surface area contributed by atoms with Crippen molar-refractivity contribution in [2.24, 2.45) is 0 Å². The van der Waals surface area contributed by atoms with Gasteiger partial charge in [0.2, 0.25) is 0 Å². The van der Waals surface area contributed by atoms with Crippen molar-refractivity contribution in [1.82, 2.24) is 0 Å². The average Bonchev–Trinajstić information content (AvgIpc) is 3.04. The summed E-state index contributed by atoms with van der Waals surface area (Å²) in [6.07, 6.45) is -1.38. The molecule has 152 valence electrons. The van der Waals surface area contributed by atoms with E-state index in [0.29, 0.717) is 6.42 Å². The Morgan fingerprint density at radius 1 is 1.00 bits per heavy atom. The fourth-order valence-electron chi connectivity index (χ4n) is 3.05. The van der Waals surface area contributed by atoms with E-state index >= 15 is 0 Å². The Bertz CT molecular complexity index is 509. The minimum atomic E-state index is -4.35. The molecular formula is C16H29B2O8P. The highest BCUT2D eigenvalue weighted by Gasteiger charge is 2.41. The SMILES string of the molecule is [B][C@H]1C[C@@H](OC(C)C)[C@@H](COP(=O)(O)O[C@@H]2C[C@H]([B])O[C@@H]2COC(C)C)O1. The maximum absolute atomic E-state index is 12.4. The molecule has 8 nitrogen and oxygen atoms in total. The van der Waals surface area contributed by atoms with Crippen molar-refractivity contribution >= 4 is 23.5 Å². The van der Waals surface area contributed by atoms with Gasteiger partial charge in [0.05, 0.1) is 37.6 Å². The molecule has 2 aliphatic heterocycles. The first-order valence-electron chi connectivity index (χ1n) is 9.30. The minimum absolute atomic E-state index is 0.00938. The van der Waals surface area contributed by atoms with Gasteiger partial charge in [0.25, 0.3) is 0 Å². The zero-order valence-electron chi connectivity index (χ0n) is 16.4. The topological polar surface area (TPSA) is 92.7 Å². The van der Waals surface area contributed by atoms with Gasteiger partial charge in [-0.1, -0.05) is 0 Å². The van der Waals surface area contributed by atoms with E-state index in [1.54, 1.807) is 0 Å². The Morgan fingerprint density at radius 2 is 1.56 bits per heavy atom. The molecule has 0 aromatic heterocycles. The maximum atomic E-state index is 12.4. The standard InChI is InChI=1S/C16H29B2O8P/c1-9(2)21-7-13-12(6-16(18)24-13)26-27(19,20)22-8-14-11(23-10(3)4)5-15(17)25-14/h9-16H,5-8H2,1-4H3,(H,19,20)/t11-,12-,13-,14-,15-,16-/m1/s1.